The second kappa shape index (κ2) is 6.24. The largest absolute Gasteiger partial charge is 0.480 e. The monoisotopic (exact) mass is 308 g/mol. The molecule has 2 N–H and O–H groups in total. The van der Waals surface area contributed by atoms with Crippen LogP contribution in [0, 0.1) is 5.92 Å². The maximum Gasteiger partial charge on any atom is 0.326 e. The fourth-order valence-electron chi connectivity index (χ4n) is 2.86. The molecule has 0 radical (unpaired) electrons. The lowest BCUT2D eigenvalue weighted by atomic mass is 10.0. The van der Waals surface area contributed by atoms with Crippen molar-refractivity contribution in [3.63, 3.8) is 0 Å². The normalized spacial score (nSPS) is 12.7. The summed E-state index contributed by atoms with van der Waals surface area (Å²) in [6, 6.07) is 15.0. The van der Waals surface area contributed by atoms with Gasteiger partial charge in [-0.1, -0.05) is 50.2 Å². The van der Waals surface area contributed by atoms with Gasteiger partial charge in [0.25, 0.3) is 0 Å². The highest BCUT2D eigenvalue weighted by molar-refractivity contribution is 6.08. The standard InChI is InChI=1S/C19H20N2O2/c1-12(2)11-17(19(22)23)21-18-13-7-3-5-9-15(13)20-16-10-6-4-8-14(16)18/h3-10,12,17H,11H2,1-2H3,(H,20,21)(H,22,23). The van der Waals surface area contributed by atoms with Gasteiger partial charge in [0.1, 0.15) is 6.04 Å². The van der Waals surface area contributed by atoms with Crippen LogP contribution in [0.2, 0.25) is 0 Å². The van der Waals surface area contributed by atoms with E-state index in [1.54, 1.807) is 0 Å². The van der Waals surface area contributed by atoms with Gasteiger partial charge in [-0.05, 0) is 24.5 Å². The Morgan fingerprint density at radius 2 is 1.57 bits per heavy atom. The van der Waals surface area contributed by atoms with Gasteiger partial charge in [-0.2, -0.15) is 0 Å². The third kappa shape index (κ3) is 3.11. The molecule has 1 heterocycles. The van der Waals surface area contributed by atoms with E-state index >= 15 is 0 Å². The van der Waals surface area contributed by atoms with Crippen LogP contribution >= 0.6 is 0 Å². The molecule has 0 saturated heterocycles. The zero-order valence-corrected chi connectivity index (χ0v) is 13.3. The van der Waals surface area contributed by atoms with Crippen molar-refractivity contribution >= 4 is 33.5 Å². The third-order valence-electron chi connectivity index (χ3n) is 3.91. The highest BCUT2D eigenvalue weighted by Crippen LogP contribution is 2.31. The van der Waals surface area contributed by atoms with Crippen LogP contribution in [0.15, 0.2) is 48.5 Å². The minimum Gasteiger partial charge on any atom is -0.480 e. The number of hydrogen-bond acceptors (Lipinski definition) is 3. The predicted molar refractivity (Wildman–Crippen MR) is 93.8 cm³/mol. The molecule has 0 bridgehead atoms. The van der Waals surface area contributed by atoms with Crippen molar-refractivity contribution in [1.82, 2.24) is 4.98 Å². The highest BCUT2D eigenvalue weighted by atomic mass is 16.4. The quantitative estimate of drug-likeness (QED) is 0.690. The summed E-state index contributed by atoms with van der Waals surface area (Å²) >= 11 is 0. The summed E-state index contributed by atoms with van der Waals surface area (Å²) in [6.45, 7) is 4.06. The number of carboxylic acids is 1. The zero-order chi connectivity index (χ0) is 16.4. The number of hydrogen-bond donors (Lipinski definition) is 2. The molecular formula is C19H20N2O2. The number of para-hydroxylation sites is 2. The minimum absolute atomic E-state index is 0.294. The van der Waals surface area contributed by atoms with Crippen LogP contribution in [0.25, 0.3) is 21.8 Å². The third-order valence-corrected chi connectivity index (χ3v) is 3.91. The summed E-state index contributed by atoms with van der Waals surface area (Å²) in [4.78, 5) is 16.3. The first kappa shape index (κ1) is 15.3. The summed E-state index contributed by atoms with van der Waals surface area (Å²) in [6.07, 6.45) is 0.570. The predicted octanol–water partition coefficient (Wildman–Crippen LogP) is 4.30. The topological polar surface area (TPSA) is 62.2 Å². The summed E-state index contributed by atoms with van der Waals surface area (Å²) in [7, 11) is 0. The van der Waals surface area contributed by atoms with E-state index in [0.717, 1.165) is 27.5 Å². The lowest BCUT2D eigenvalue weighted by Crippen LogP contribution is -2.30. The molecule has 0 aliphatic heterocycles. The van der Waals surface area contributed by atoms with Gasteiger partial charge in [-0.15, -0.1) is 0 Å². The van der Waals surface area contributed by atoms with Gasteiger partial charge >= 0.3 is 5.97 Å². The lowest BCUT2D eigenvalue weighted by molar-refractivity contribution is -0.138. The SMILES string of the molecule is CC(C)CC(Nc1c2ccccc2nc2ccccc12)C(=O)O. The van der Waals surface area contributed by atoms with E-state index in [1.807, 2.05) is 62.4 Å². The van der Waals surface area contributed by atoms with Crippen molar-refractivity contribution in [2.24, 2.45) is 5.92 Å². The van der Waals surface area contributed by atoms with Gasteiger partial charge in [-0.3, -0.25) is 0 Å². The smallest absolute Gasteiger partial charge is 0.326 e. The first-order valence-electron chi connectivity index (χ1n) is 7.83. The van der Waals surface area contributed by atoms with E-state index in [2.05, 4.69) is 10.3 Å². The van der Waals surface area contributed by atoms with Crippen molar-refractivity contribution < 1.29 is 9.90 Å². The van der Waals surface area contributed by atoms with Crippen molar-refractivity contribution in [3.05, 3.63) is 48.5 Å². The van der Waals surface area contributed by atoms with E-state index in [4.69, 9.17) is 0 Å². The van der Waals surface area contributed by atoms with Gasteiger partial charge in [0.2, 0.25) is 0 Å². The second-order valence-electron chi connectivity index (χ2n) is 6.19. The Morgan fingerprint density at radius 1 is 1.04 bits per heavy atom. The average molecular weight is 308 g/mol. The number of carboxylic acid groups (broad SMARTS) is 1. The maximum atomic E-state index is 11.6. The summed E-state index contributed by atoms with van der Waals surface area (Å²) in [5, 5.41) is 14.7. The van der Waals surface area contributed by atoms with Crippen LogP contribution in [-0.4, -0.2) is 22.1 Å². The van der Waals surface area contributed by atoms with Crippen molar-refractivity contribution in [3.8, 4) is 0 Å². The number of nitrogens with one attached hydrogen (secondary N) is 1. The molecule has 118 valence electrons. The van der Waals surface area contributed by atoms with E-state index in [-0.39, 0.29) is 0 Å². The number of carbonyl (C=O) groups is 1. The van der Waals surface area contributed by atoms with Crippen LogP contribution in [0.5, 0.6) is 0 Å². The van der Waals surface area contributed by atoms with E-state index in [1.165, 1.54) is 0 Å². The molecule has 1 unspecified atom stereocenters. The Bertz CT molecular complexity index is 804. The summed E-state index contributed by atoms with van der Waals surface area (Å²) in [5.74, 6) is -0.536. The molecule has 2 aromatic carbocycles. The fraction of sp³-hybridized carbons (Fsp3) is 0.263. The molecular weight excluding hydrogens is 288 g/mol. The Kier molecular flexibility index (Phi) is 4.15. The van der Waals surface area contributed by atoms with Crippen LogP contribution < -0.4 is 5.32 Å². The number of rotatable bonds is 5. The van der Waals surface area contributed by atoms with Crippen LogP contribution in [-0.2, 0) is 4.79 Å². The maximum absolute atomic E-state index is 11.6. The van der Waals surface area contributed by atoms with Gasteiger partial charge in [0, 0.05) is 10.8 Å². The molecule has 3 aromatic rings. The minimum atomic E-state index is -0.830. The van der Waals surface area contributed by atoms with E-state index in [0.29, 0.717) is 12.3 Å². The van der Waals surface area contributed by atoms with E-state index < -0.39 is 12.0 Å². The average Bonchev–Trinajstić information content (AvgIpc) is 2.53. The molecule has 4 nitrogen and oxygen atoms in total. The van der Waals surface area contributed by atoms with Crippen LogP contribution in [0.1, 0.15) is 20.3 Å². The Balaban J connectivity index is 2.18. The Labute approximate surface area is 135 Å². The van der Waals surface area contributed by atoms with Gasteiger partial charge < -0.3 is 10.4 Å². The van der Waals surface area contributed by atoms with Crippen molar-refractivity contribution in [1.29, 1.82) is 0 Å². The zero-order valence-electron chi connectivity index (χ0n) is 13.3. The number of nitrogens with zero attached hydrogens (tertiary/aromatic N) is 1. The van der Waals surface area contributed by atoms with Gasteiger partial charge in [0.05, 0.1) is 16.7 Å². The Morgan fingerprint density at radius 3 is 2.04 bits per heavy atom. The fourth-order valence-corrected chi connectivity index (χ4v) is 2.86. The van der Waals surface area contributed by atoms with E-state index in [9.17, 15) is 9.90 Å². The number of anilines is 1. The molecule has 0 aliphatic carbocycles. The Hall–Kier alpha value is -2.62. The molecule has 0 spiro atoms. The van der Waals surface area contributed by atoms with Gasteiger partial charge in [0.15, 0.2) is 0 Å². The molecule has 3 rings (SSSR count). The molecule has 1 aromatic heterocycles. The van der Waals surface area contributed by atoms with Crippen LogP contribution in [0.4, 0.5) is 5.69 Å². The molecule has 0 saturated carbocycles. The number of aromatic nitrogens is 1. The first-order chi connectivity index (χ1) is 11.1. The number of pyridine rings is 1. The number of aliphatic carboxylic acids is 1. The molecule has 0 aliphatic rings. The lowest BCUT2D eigenvalue weighted by Gasteiger charge is -2.20. The molecule has 0 fully saturated rings. The van der Waals surface area contributed by atoms with Crippen LogP contribution in [0.3, 0.4) is 0 Å². The molecule has 1 atom stereocenters. The number of benzene rings is 2. The molecule has 23 heavy (non-hydrogen) atoms. The molecule has 0 amide bonds. The first-order valence-corrected chi connectivity index (χ1v) is 7.83. The van der Waals surface area contributed by atoms with Crippen molar-refractivity contribution in [2.45, 2.75) is 26.3 Å². The van der Waals surface area contributed by atoms with Crippen molar-refractivity contribution in [2.75, 3.05) is 5.32 Å². The number of fused-ring (bicyclic) bond motifs is 2. The summed E-state index contributed by atoms with van der Waals surface area (Å²) < 4.78 is 0. The second-order valence-corrected chi connectivity index (χ2v) is 6.19. The summed E-state index contributed by atoms with van der Waals surface area (Å²) in [5.41, 5.74) is 2.57. The highest BCUT2D eigenvalue weighted by Gasteiger charge is 2.21. The van der Waals surface area contributed by atoms with Gasteiger partial charge in [-0.25, -0.2) is 9.78 Å². The molecule has 4 heteroatoms.